The highest BCUT2D eigenvalue weighted by Gasteiger charge is 2.41. The summed E-state index contributed by atoms with van der Waals surface area (Å²) in [5, 5.41) is 3.94. The van der Waals surface area contributed by atoms with Gasteiger partial charge in [-0.25, -0.2) is 22.9 Å². The van der Waals surface area contributed by atoms with E-state index in [1.807, 2.05) is 0 Å². The molecule has 1 saturated heterocycles. The van der Waals surface area contributed by atoms with Gasteiger partial charge >= 0.3 is 12.2 Å². The van der Waals surface area contributed by atoms with Crippen LogP contribution >= 0.6 is 0 Å². The minimum absolute atomic E-state index is 0.00477. The van der Waals surface area contributed by atoms with Crippen LogP contribution in [0.1, 0.15) is 30.6 Å². The van der Waals surface area contributed by atoms with E-state index in [1.165, 1.54) is 24.8 Å². The first-order chi connectivity index (χ1) is 17.8. The van der Waals surface area contributed by atoms with Crippen molar-refractivity contribution in [2.45, 2.75) is 32.5 Å². The number of anilines is 1. The van der Waals surface area contributed by atoms with Gasteiger partial charge in [-0.05, 0) is 24.5 Å². The molecular weight excluding hydrogens is 520 g/mol. The normalized spacial score (nSPS) is 14.8. The third-order valence-electron chi connectivity index (χ3n) is 5.84. The van der Waals surface area contributed by atoms with Crippen molar-refractivity contribution in [2.24, 2.45) is 5.92 Å². The van der Waals surface area contributed by atoms with E-state index >= 15 is 0 Å². The molecule has 1 aliphatic rings. The van der Waals surface area contributed by atoms with Gasteiger partial charge in [-0.1, -0.05) is 13.8 Å². The number of carbonyl (C=O) groups is 2. The third kappa shape index (κ3) is 5.15. The first kappa shape index (κ1) is 26.9. The van der Waals surface area contributed by atoms with Gasteiger partial charge in [-0.3, -0.25) is 19.1 Å². The fraction of sp³-hybridized carbons (Fsp3) is 0.333. The maximum absolute atomic E-state index is 14.8. The molecule has 0 aliphatic carbocycles. The Labute approximate surface area is 211 Å². The van der Waals surface area contributed by atoms with Gasteiger partial charge in [0.15, 0.2) is 17.3 Å². The van der Waals surface area contributed by atoms with Crippen LogP contribution in [0.3, 0.4) is 0 Å². The lowest BCUT2D eigenvalue weighted by Gasteiger charge is -2.23. The monoisotopic (exact) mass is 541 g/mol. The van der Waals surface area contributed by atoms with Gasteiger partial charge in [-0.15, -0.1) is 0 Å². The number of rotatable bonds is 6. The summed E-state index contributed by atoms with van der Waals surface area (Å²) in [5.74, 6) is -6.02. The highest BCUT2D eigenvalue weighted by atomic mass is 19.4. The van der Waals surface area contributed by atoms with Crippen LogP contribution in [0.15, 0.2) is 35.3 Å². The Morgan fingerprint density at radius 3 is 2.34 bits per heavy atom. The molecule has 14 heteroatoms. The lowest BCUT2D eigenvalue weighted by Crippen LogP contribution is -2.47. The standard InChI is InChI=1S/C24H21F6N5O3/c1-11(2)7-17(24(28,29)30)32-22(37)14-10-35(19-15(26)8-12(25)9-16(19)27)21-13(20(14)36)3-4-18(33-21)34-6-5-31-23(34)38/h3-4,8-11,17H,5-7H2,1-2H3,(H,31,38)(H,32,37)/t17-/m0/s1. The topological polar surface area (TPSA) is 96.3 Å². The zero-order chi connectivity index (χ0) is 27.9. The number of alkyl halides is 3. The lowest BCUT2D eigenvalue weighted by atomic mass is 10.0. The second-order valence-electron chi connectivity index (χ2n) is 9.08. The summed E-state index contributed by atoms with van der Waals surface area (Å²) >= 11 is 0. The fourth-order valence-electron chi connectivity index (χ4n) is 4.11. The van der Waals surface area contributed by atoms with Crippen molar-refractivity contribution in [3.8, 4) is 5.69 Å². The zero-order valence-electron chi connectivity index (χ0n) is 20.0. The molecule has 202 valence electrons. The first-order valence-corrected chi connectivity index (χ1v) is 11.4. The Bertz CT molecular complexity index is 1460. The molecular formula is C24H21F6N5O3. The van der Waals surface area contributed by atoms with Gasteiger partial charge in [0, 0.05) is 31.4 Å². The number of hydrogen-bond acceptors (Lipinski definition) is 4. The highest BCUT2D eigenvalue weighted by molar-refractivity contribution is 5.98. The van der Waals surface area contributed by atoms with Crippen molar-refractivity contribution in [2.75, 3.05) is 18.0 Å². The van der Waals surface area contributed by atoms with Gasteiger partial charge in [0.1, 0.15) is 28.9 Å². The average molecular weight is 541 g/mol. The number of nitrogens with one attached hydrogen (secondary N) is 2. The van der Waals surface area contributed by atoms with E-state index in [0.29, 0.717) is 22.9 Å². The molecule has 1 atom stereocenters. The Kier molecular flexibility index (Phi) is 7.08. The summed E-state index contributed by atoms with van der Waals surface area (Å²) in [6.45, 7) is 3.49. The largest absolute Gasteiger partial charge is 0.408 e. The van der Waals surface area contributed by atoms with Crippen LogP contribution in [0, 0.1) is 23.4 Å². The van der Waals surface area contributed by atoms with Gasteiger partial charge in [0.2, 0.25) is 5.43 Å². The zero-order valence-corrected chi connectivity index (χ0v) is 20.0. The molecule has 0 bridgehead atoms. The highest BCUT2D eigenvalue weighted by Crippen LogP contribution is 2.27. The molecule has 2 N–H and O–H groups in total. The number of pyridine rings is 2. The first-order valence-electron chi connectivity index (χ1n) is 11.4. The van der Waals surface area contributed by atoms with Crippen molar-refractivity contribution in [3.63, 3.8) is 0 Å². The number of amides is 3. The van der Waals surface area contributed by atoms with E-state index in [-0.39, 0.29) is 24.3 Å². The van der Waals surface area contributed by atoms with E-state index in [4.69, 9.17) is 0 Å². The van der Waals surface area contributed by atoms with Crippen LogP contribution in [0.5, 0.6) is 0 Å². The lowest BCUT2D eigenvalue weighted by molar-refractivity contribution is -0.156. The van der Waals surface area contributed by atoms with Crippen molar-refractivity contribution in [1.82, 2.24) is 20.2 Å². The number of hydrogen-bond donors (Lipinski definition) is 2. The fourth-order valence-corrected chi connectivity index (χ4v) is 4.11. The molecule has 0 spiro atoms. The average Bonchev–Trinajstić information content (AvgIpc) is 3.24. The third-order valence-corrected chi connectivity index (χ3v) is 5.84. The van der Waals surface area contributed by atoms with E-state index in [0.717, 1.165) is 6.07 Å². The molecule has 1 aliphatic heterocycles. The minimum Gasteiger partial charge on any atom is -0.340 e. The van der Waals surface area contributed by atoms with Crippen molar-refractivity contribution >= 4 is 28.8 Å². The van der Waals surface area contributed by atoms with Gasteiger partial charge in [0.05, 0.1) is 5.39 Å². The second kappa shape index (κ2) is 9.99. The van der Waals surface area contributed by atoms with E-state index in [9.17, 15) is 40.7 Å². The molecule has 38 heavy (non-hydrogen) atoms. The van der Waals surface area contributed by atoms with E-state index in [2.05, 4.69) is 10.3 Å². The van der Waals surface area contributed by atoms with Crippen molar-refractivity contribution < 1.29 is 35.9 Å². The second-order valence-corrected chi connectivity index (χ2v) is 9.08. The number of benzene rings is 1. The number of urea groups is 1. The molecule has 0 saturated carbocycles. The number of fused-ring (bicyclic) bond motifs is 1. The van der Waals surface area contributed by atoms with Crippen LogP contribution in [0.4, 0.5) is 37.0 Å². The summed E-state index contributed by atoms with van der Waals surface area (Å²) in [6.07, 6.45) is -4.68. The predicted molar refractivity (Wildman–Crippen MR) is 125 cm³/mol. The number of carbonyl (C=O) groups excluding carboxylic acids is 2. The number of aromatic nitrogens is 2. The molecule has 2 aromatic heterocycles. The molecule has 3 amide bonds. The summed E-state index contributed by atoms with van der Waals surface area (Å²) < 4.78 is 84.5. The quantitative estimate of drug-likeness (QED) is 0.461. The molecule has 1 aromatic carbocycles. The minimum atomic E-state index is -4.84. The molecule has 4 rings (SSSR count). The summed E-state index contributed by atoms with van der Waals surface area (Å²) in [4.78, 5) is 43.6. The maximum atomic E-state index is 14.8. The Morgan fingerprint density at radius 1 is 1.13 bits per heavy atom. The molecule has 0 unspecified atom stereocenters. The van der Waals surface area contributed by atoms with E-state index < -0.39 is 76.3 Å². The molecule has 3 aromatic rings. The number of nitrogens with zero attached hydrogens (tertiary/aromatic N) is 3. The predicted octanol–water partition coefficient (Wildman–Crippen LogP) is 4.04. The Balaban J connectivity index is 1.94. The van der Waals surface area contributed by atoms with Crippen molar-refractivity contribution in [3.05, 3.63) is 63.7 Å². The van der Waals surface area contributed by atoms with E-state index in [1.54, 1.807) is 5.32 Å². The summed E-state index contributed by atoms with van der Waals surface area (Å²) in [5.41, 5.74) is -3.27. The summed E-state index contributed by atoms with van der Waals surface area (Å²) in [6, 6.07) is 0.254. The van der Waals surface area contributed by atoms with Crippen LogP contribution in [0.25, 0.3) is 16.7 Å². The van der Waals surface area contributed by atoms with Crippen molar-refractivity contribution in [1.29, 1.82) is 0 Å². The SMILES string of the molecule is CC(C)C[C@H](NC(=O)c1cn(-c2c(F)cc(F)cc2F)c2nc(N3CCNC3=O)ccc2c1=O)C(F)(F)F. The Hall–Kier alpha value is -4.10. The summed E-state index contributed by atoms with van der Waals surface area (Å²) in [7, 11) is 0. The molecule has 1 fully saturated rings. The van der Waals surface area contributed by atoms with Gasteiger partial charge < -0.3 is 10.6 Å². The van der Waals surface area contributed by atoms with Gasteiger partial charge in [0.25, 0.3) is 5.91 Å². The smallest absolute Gasteiger partial charge is 0.340 e. The molecule has 8 nitrogen and oxygen atoms in total. The van der Waals surface area contributed by atoms with Crippen LogP contribution in [-0.2, 0) is 0 Å². The number of halogens is 6. The van der Waals surface area contributed by atoms with Crippen LogP contribution < -0.4 is 21.0 Å². The maximum Gasteiger partial charge on any atom is 0.408 e. The Morgan fingerprint density at radius 2 is 1.79 bits per heavy atom. The van der Waals surface area contributed by atoms with Gasteiger partial charge in [-0.2, -0.15) is 13.2 Å². The molecule has 3 heterocycles. The van der Waals surface area contributed by atoms with Crippen LogP contribution in [0.2, 0.25) is 0 Å². The molecule has 0 radical (unpaired) electrons. The van der Waals surface area contributed by atoms with Crippen LogP contribution in [-0.4, -0.2) is 46.8 Å².